The first-order chi connectivity index (χ1) is 13.9. The summed E-state index contributed by atoms with van der Waals surface area (Å²) < 4.78 is 0. The van der Waals surface area contributed by atoms with Crippen LogP contribution in [0.15, 0.2) is 30.3 Å². The minimum absolute atomic E-state index is 0.0944. The third-order valence-electron chi connectivity index (χ3n) is 6.08. The largest absolute Gasteiger partial charge is 0.507 e. The summed E-state index contributed by atoms with van der Waals surface area (Å²) in [4.78, 5) is 4.96. The number of nitrogens with zero attached hydrogens (tertiary/aromatic N) is 2. The number of piperazine rings is 1. The molecule has 0 aliphatic carbocycles. The molecule has 30 heavy (non-hydrogen) atoms. The fourth-order valence-corrected chi connectivity index (χ4v) is 4.42. The first kappa shape index (κ1) is 23.0. The Bertz CT molecular complexity index is 865. The summed E-state index contributed by atoms with van der Waals surface area (Å²) in [7, 11) is 0. The lowest BCUT2D eigenvalue weighted by Gasteiger charge is -2.37. The molecule has 164 valence electrons. The highest BCUT2D eigenvalue weighted by Crippen LogP contribution is 2.40. The van der Waals surface area contributed by atoms with Gasteiger partial charge in [-0.15, -0.1) is 0 Å². The Balaban J connectivity index is 1.78. The van der Waals surface area contributed by atoms with Gasteiger partial charge in [0.2, 0.25) is 0 Å². The average Bonchev–Trinajstić information content (AvgIpc) is 2.64. The molecular weight excluding hydrogens is 392 g/mol. The molecule has 1 N–H and O–H groups in total. The van der Waals surface area contributed by atoms with Gasteiger partial charge in [0.15, 0.2) is 0 Å². The van der Waals surface area contributed by atoms with E-state index in [0.29, 0.717) is 5.75 Å². The summed E-state index contributed by atoms with van der Waals surface area (Å²) in [6.45, 7) is 20.1. The van der Waals surface area contributed by atoms with E-state index in [-0.39, 0.29) is 10.8 Å². The quantitative estimate of drug-likeness (QED) is 0.623. The number of rotatable bonds is 3. The van der Waals surface area contributed by atoms with Crippen LogP contribution in [0.25, 0.3) is 0 Å². The Morgan fingerprint density at radius 3 is 1.90 bits per heavy atom. The van der Waals surface area contributed by atoms with E-state index < -0.39 is 0 Å². The molecule has 0 saturated carbocycles. The molecule has 1 aliphatic rings. The van der Waals surface area contributed by atoms with Crippen LogP contribution in [0.4, 0.5) is 5.69 Å². The fourth-order valence-electron chi connectivity index (χ4n) is 4.26. The minimum atomic E-state index is -0.0944. The zero-order valence-electron chi connectivity index (χ0n) is 19.6. The summed E-state index contributed by atoms with van der Waals surface area (Å²) in [6.07, 6.45) is 0. The van der Waals surface area contributed by atoms with Crippen LogP contribution >= 0.6 is 11.6 Å². The predicted molar refractivity (Wildman–Crippen MR) is 129 cm³/mol. The van der Waals surface area contributed by atoms with Gasteiger partial charge >= 0.3 is 0 Å². The number of benzene rings is 2. The Morgan fingerprint density at radius 1 is 0.867 bits per heavy atom. The van der Waals surface area contributed by atoms with Crippen molar-refractivity contribution in [3.63, 3.8) is 0 Å². The Kier molecular flexibility index (Phi) is 6.46. The second-order valence-corrected chi connectivity index (χ2v) is 11.2. The summed E-state index contributed by atoms with van der Waals surface area (Å²) in [5, 5.41) is 11.8. The maximum Gasteiger partial charge on any atom is 0.123 e. The molecule has 1 fully saturated rings. The average molecular weight is 429 g/mol. The molecule has 0 aromatic heterocycles. The van der Waals surface area contributed by atoms with Crippen LogP contribution in [-0.4, -0.2) is 36.2 Å². The number of halogens is 1. The number of aryl methyl sites for hydroxylation is 1. The smallest absolute Gasteiger partial charge is 0.123 e. The van der Waals surface area contributed by atoms with Crippen LogP contribution in [-0.2, 0) is 17.4 Å². The second-order valence-electron chi connectivity index (χ2n) is 10.7. The molecule has 0 radical (unpaired) electrons. The van der Waals surface area contributed by atoms with Crippen molar-refractivity contribution < 1.29 is 5.11 Å². The highest BCUT2D eigenvalue weighted by atomic mass is 35.5. The Morgan fingerprint density at radius 2 is 1.40 bits per heavy atom. The molecule has 0 unspecified atom stereocenters. The first-order valence-corrected chi connectivity index (χ1v) is 11.3. The SMILES string of the molecule is Cc1ccc(Cl)cc1N1CCN(Cc2cc(C(C)(C)C)c(O)c(C(C)(C)C)c2)CC1. The van der Waals surface area contributed by atoms with Gasteiger partial charge in [-0.25, -0.2) is 0 Å². The van der Waals surface area contributed by atoms with Crippen LogP contribution < -0.4 is 4.90 Å². The van der Waals surface area contributed by atoms with Crippen LogP contribution in [0.1, 0.15) is 63.8 Å². The summed E-state index contributed by atoms with van der Waals surface area (Å²) in [6, 6.07) is 10.6. The summed E-state index contributed by atoms with van der Waals surface area (Å²) in [5.41, 5.74) is 5.70. The second kappa shape index (κ2) is 8.43. The van der Waals surface area contributed by atoms with Gasteiger partial charge in [0.05, 0.1) is 0 Å². The zero-order chi connectivity index (χ0) is 22.3. The highest BCUT2D eigenvalue weighted by Gasteiger charge is 2.27. The molecule has 0 spiro atoms. The lowest BCUT2D eigenvalue weighted by atomic mass is 9.78. The maximum atomic E-state index is 11.0. The summed E-state index contributed by atoms with van der Waals surface area (Å²) >= 11 is 6.23. The monoisotopic (exact) mass is 428 g/mol. The van der Waals surface area contributed by atoms with Crippen LogP contribution in [0.5, 0.6) is 5.75 Å². The molecular formula is C26H37ClN2O. The molecule has 4 heteroatoms. The van der Waals surface area contributed by atoms with Gasteiger partial charge in [-0.05, 0) is 52.1 Å². The number of hydrogen-bond acceptors (Lipinski definition) is 3. The fraction of sp³-hybridized carbons (Fsp3) is 0.538. The van der Waals surface area contributed by atoms with E-state index >= 15 is 0 Å². The predicted octanol–water partition coefficient (Wildman–Crippen LogP) is 6.27. The van der Waals surface area contributed by atoms with E-state index in [1.807, 2.05) is 6.07 Å². The lowest BCUT2D eigenvalue weighted by molar-refractivity contribution is 0.249. The van der Waals surface area contributed by atoms with Crippen molar-refractivity contribution in [1.29, 1.82) is 0 Å². The van der Waals surface area contributed by atoms with Crippen molar-refractivity contribution in [2.24, 2.45) is 0 Å². The van der Waals surface area contributed by atoms with E-state index in [1.165, 1.54) is 16.8 Å². The normalized spacial score (nSPS) is 16.2. The van der Waals surface area contributed by atoms with E-state index in [0.717, 1.165) is 48.9 Å². The number of aromatic hydroxyl groups is 1. The first-order valence-electron chi connectivity index (χ1n) is 11.0. The number of phenolic OH excluding ortho intramolecular Hbond substituents is 1. The van der Waals surface area contributed by atoms with Crippen LogP contribution in [0.3, 0.4) is 0 Å². The van der Waals surface area contributed by atoms with Crippen molar-refractivity contribution >= 4 is 17.3 Å². The maximum absolute atomic E-state index is 11.0. The number of phenols is 1. The number of hydrogen-bond donors (Lipinski definition) is 1. The van der Waals surface area contributed by atoms with Crippen LogP contribution in [0, 0.1) is 6.92 Å². The molecule has 2 aromatic rings. The molecule has 2 aromatic carbocycles. The van der Waals surface area contributed by atoms with Gasteiger partial charge in [0, 0.05) is 43.4 Å². The summed E-state index contributed by atoms with van der Waals surface area (Å²) in [5.74, 6) is 0.458. The Hall–Kier alpha value is -1.71. The van der Waals surface area contributed by atoms with Gasteiger partial charge in [-0.1, -0.05) is 71.3 Å². The van der Waals surface area contributed by atoms with Crippen molar-refractivity contribution in [1.82, 2.24) is 4.90 Å². The van der Waals surface area contributed by atoms with Gasteiger partial charge in [-0.3, -0.25) is 4.90 Å². The van der Waals surface area contributed by atoms with E-state index in [1.54, 1.807) is 0 Å². The molecule has 0 atom stereocenters. The number of anilines is 1. The van der Waals surface area contributed by atoms with Gasteiger partial charge in [0.1, 0.15) is 5.75 Å². The van der Waals surface area contributed by atoms with Gasteiger partial charge < -0.3 is 10.0 Å². The molecule has 3 nitrogen and oxygen atoms in total. The van der Waals surface area contributed by atoms with E-state index in [4.69, 9.17) is 11.6 Å². The van der Waals surface area contributed by atoms with Crippen LogP contribution in [0.2, 0.25) is 5.02 Å². The standard InChI is InChI=1S/C26H37ClN2O/c1-18-8-9-20(27)16-23(18)29-12-10-28(11-13-29)17-19-14-21(25(2,3)4)24(30)22(15-19)26(5,6)7/h8-9,14-16,30H,10-13,17H2,1-7H3. The Labute approximate surface area is 187 Å². The molecule has 1 aliphatic heterocycles. The van der Waals surface area contributed by atoms with Crippen molar-refractivity contribution in [2.45, 2.75) is 65.8 Å². The molecule has 1 saturated heterocycles. The molecule has 0 amide bonds. The van der Waals surface area contributed by atoms with Gasteiger partial charge in [0.25, 0.3) is 0 Å². The minimum Gasteiger partial charge on any atom is -0.507 e. The van der Waals surface area contributed by atoms with E-state index in [2.05, 4.69) is 82.5 Å². The lowest BCUT2D eigenvalue weighted by Crippen LogP contribution is -2.46. The molecule has 0 bridgehead atoms. The molecule has 3 rings (SSSR count). The van der Waals surface area contributed by atoms with Gasteiger partial charge in [-0.2, -0.15) is 0 Å². The zero-order valence-corrected chi connectivity index (χ0v) is 20.4. The highest BCUT2D eigenvalue weighted by molar-refractivity contribution is 6.30. The van der Waals surface area contributed by atoms with E-state index in [9.17, 15) is 5.11 Å². The topological polar surface area (TPSA) is 26.7 Å². The third kappa shape index (κ3) is 5.12. The van der Waals surface area contributed by atoms with Crippen molar-refractivity contribution in [3.05, 3.63) is 57.6 Å². The van der Waals surface area contributed by atoms with Crippen molar-refractivity contribution in [3.8, 4) is 5.75 Å². The third-order valence-corrected chi connectivity index (χ3v) is 6.31. The van der Waals surface area contributed by atoms with Crippen molar-refractivity contribution in [2.75, 3.05) is 31.1 Å². The molecule has 1 heterocycles.